The summed E-state index contributed by atoms with van der Waals surface area (Å²) in [5, 5.41) is 14.6. The van der Waals surface area contributed by atoms with Gasteiger partial charge in [0, 0.05) is 19.6 Å². The Balaban J connectivity index is 2.28. The number of piperidine rings is 1. The van der Waals surface area contributed by atoms with Crippen LogP contribution >= 0.6 is 0 Å². The second-order valence-electron chi connectivity index (χ2n) is 6.11. The predicted octanol–water partition coefficient (Wildman–Crippen LogP) is 4.04. The molecule has 0 bridgehead atoms. The number of hydrogen-bond donors (Lipinski definition) is 1. The molecular weight excluding hydrogens is 266 g/mol. The van der Waals surface area contributed by atoms with Gasteiger partial charge >= 0.3 is 5.69 Å². The largest absolute Gasteiger partial charge is 0.380 e. The van der Waals surface area contributed by atoms with Crippen molar-refractivity contribution in [2.45, 2.75) is 40.0 Å². The van der Waals surface area contributed by atoms with Crippen LogP contribution in [0.3, 0.4) is 0 Å². The second kappa shape index (κ2) is 6.33. The molecule has 1 heterocycles. The highest BCUT2D eigenvalue weighted by Gasteiger charge is 2.31. The Bertz CT molecular complexity index is 508. The Morgan fingerprint density at radius 2 is 2.00 bits per heavy atom. The predicted molar refractivity (Wildman–Crippen MR) is 87.1 cm³/mol. The van der Waals surface area contributed by atoms with Crippen molar-refractivity contribution in [3.8, 4) is 0 Å². The summed E-state index contributed by atoms with van der Waals surface area (Å²) in [6, 6.07) is 5.55. The van der Waals surface area contributed by atoms with Crippen LogP contribution < -0.4 is 10.2 Å². The van der Waals surface area contributed by atoms with Gasteiger partial charge in [0.25, 0.3) is 0 Å². The summed E-state index contributed by atoms with van der Waals surface area (Å²) in [6.45, 7) is 8.95. The fourth-order valence-corrected chi connectivity index (χ4v) is 2.95. The van der Waals surface area contributed by atoms with Gasteiger partial charge in [-0.3, -0.25) is 10.1 Å². The van der Waals surface area contributed by atoms with Gasteiger partial charge in [0.1, 0.15) is 11.4 Å². The molecule has 0 aliphatic carbocycles. The molecule has 1 aromatic carbocycles. The van der Waals surface area contributed by atoms with Crippen molar-refractivity contribution in [2.75, 3.05) is 29.9 Å². The molecule has 1 aliphatic heterocycles. The summed E-state index contributed by atoms with van der Waals surface area (Å²) in [6.07, 6.45) is 3.35. The Hall–Kier alpha value is -1.78. The van der Waals surface area contributed by atoms with E-state index < -0.39 is 0 Å². The number of nitro groups is 1. The van der Waals surface area contributed by atoms with Gasteiger partial charge in [-0.25, -0.2) is 0 Å². The van der Waals surface area contributed by atoms with E-state index >= 15 is 0 Å². The van der Waals surface area contributed by atoms with Gasteiger partial charge in [-0.2, -0.15) is 0 Å². The Morgan fingerprint density at radius 1 is 1.33 bits per heavy atom. The molecule has 0 radical (unpaired) electrons. The van der Waals surface area contributed by atoms with Gasteiger partial charge < -0.3 is 10.2 Å². The van der Waals surface area contributed by atoms with Crippen molar-refractivity contribution in [3.63, 3.8) is 0 Å². The highest BCUT2D eigenvalue weighted by atomic mass is 16.6. The van der Waals surface area contributed by atoms with Crippen LogP contribution in [0, 0.1) is 15.5 Å². The lowest BCUT2D eigenvalue weighted by Gasteiger charge is -2.39. The van der Waals surface area contributed by atoms with Crippen LogP contribution in [0.25, 0.3) is 0 Å². The monoisotopic (exact) mass is 291 g/mol. The zero-order chi connectivity index (χ0) is 15.5. The van der Waals surface area contributed by atoms with Crippen molar-refractivity contribution in [1.29, 1.82) is 0 Å². The second-order valence-corrected chi connectivity index (χ2v) is 6.11. The zero-order valence-electron chi connectivity index (χ0n) is 13.2. The maximum absolute atomic E-state index is 11.5. The molecule has 0 aromatic heterocycles. The highest BCUT2D eigenvalue weighted by molar-refractivity contribution is 5.77. The van der Waals surface area contributed by atoms with Gasteiger partial charge in [0.2, 0.25) is 0 Å². The smallest absolute Gasteiger partial charge is 0.315 e. The fourth-order valence-electron chi connectivity index (χ4n) is 2.95. The number of para-hydroxylation sites is 1. The molecule has 0 amide bonds. The molecule has 5 heteroatoms. The molecule has 1 aliphatic rings. The van der Waals surface area contributed by atoms with Crippen molar-refractivity contribution in [1.82, 2.24) is 0 Å². The van der Waals surface area contributed by atoms with E-state index in [0.29, 0.717) is 17.6 Å². The van der Waals surface area contributed by atoms with Crippen LogP contribution in [0.5, 0.6) is 0 Å². The third-order valence-corrected chi connectivity index (χ3v) is 4.73. The summed E-state index contributed by atoms with van der Waals surface area (Å²) in [4.78, 5) is 13.4. The highest BCUT2D eigenvalue weighted by Crippen LogP contribution is 2.40. The van der Waals surface area contributed by atoms with Gasteiger partial charge in [0.05, 0.1) is 4.92 Å². The third-order valence-electron chi connectivity index (χ3n) is 4.73. The van der Waals surface area contributed by atoms with Crippen molar-refractivity contribution in [2.24, 2.45) is 5.41 Å². The standard InChI is InChI=1S/C16H25N3O2/c1-4-16(3)9-11-18(12-10-16)14-8-6-7-13(17-5-2)15(14)19(20)21/h6-8,17H,4-5,9-12H2,1-3H3. The summed E-state index contributed by atoms with van der Waals surface area (Å²) in [5.41, 5.74) is 1.95. The van der Waals surface area contributed by atoms with E-state index in [0.717, 1.165) is 31.6 Å². The van der Waals surface area contributed by atoms with Gasteiger partial charge in [-0.15, -0.1) is 0 Å². The summed E-state index contributed by atoms with van der Waals surface area (Å²) in [5.74, 6) is 0. The van der Waals surface area contributed by atoms with Crippen molar-refractivity contribution in [3.05, 3.63) is 28.3 Å². The molecule has 0 spiro atoms. The van der Waals surface area contributed by atoms with E-state index in [2.05, 4.69) is 24.1 Å². The Labute approximate surface area is 126 Å². The number of benzene rings is 1. The number of nitrogens with one attached hydrogen (secondary N) is 1. The topological polar surface area (TPSA) is 58.4 Å². The van der Waals surface area contributed by atoms with Crippen LogP contribution in [0.2, 0.25) is 0 Å². The molecule has 1 N–H and O–H groups in total. The first-order valence-corrected chi connectivity index (χ1v) is 7.77. The minimum atomic E-state index is -0.263. The van der Waals surface area contributed by atoms with Crippen molar-refractivity contribution >= 4 is 17.1 Å². The number of anilines is 2. The van der Waals surface area contributed by atoms with Gasteiger partial charge in [-0.1, -0.05) is 26.3 Å². The summed E-state index contributed by atoms with van der Waals surface area (Å²) >= 11 is 0. The van der Waals surface area contributed by atoms with Crippen LogP contribution in [-0.4, -0.2) is 24.6 Å². The van der Waals surface area contributed by atoms with Crippen LogP contribution in [0.15, 0.2) is 18.2 Å². The average Bonchev–Trinajstić information content (AvgIpc) is 2.48. The number of nitrogens with zero attached hydrogens (tertiary/aromatic N) is 2. The SMILES string of the molecule is CCNc1cccc(N2CCC(C)(CC)CC2)c1[N+](=O)[O-]. The molecule has 2 rings (SSSR count). The maximum atomic E-state index is 11.5. The first kappa shape index (κ1) is 15.6. The third kappa shape index (κ3) is 3.28. The molecule has 0 saturated carbocycles. The zero-order valence-corrected chi connectivity index (χ0v) is 13.2. The molecule has 1 saturated heterocycles. The van der Waals surface area contributed by atoms with Gasteiger partial charge in [0.15, 0.2) is 0 Å². The molecule has 1 fully saturated rings. The normalized spacial score (nSPS) is 17.6. The van der Waals surface area contributed by atoms with E-state index in [-0.39, 0.29) is 10.6 Å². The van der Waals surface area contributed by atoms with E-state index in [9.17, 15) is 10.1 Å². The van der Waals surface area contributed by atoms with Crippen LogP contribution in [-0.2, 0) is 0 Å². The number of rotatable bonds is 5. The molecule has 21 heavy (non-hydrogen) atoms. The average molecular weight is 291 g/mol. The number of nitro benzene ring substituents is 1. The Kier molecular flexibility index (Phi) is 4.70. The van der Waals surface area contributed by atoms with Gasteiger partial charge in [-0.05, 0) is 37.3 Å². The Morgan fingerprint density at radius 3 is 2.52 bits per heavy atom. The van der Waals surface area contributed by atoms with Crippen LogP contribution in [0.1, 0.15) is 40.0 Å². The fraction of sp³-hybridized carbons (Fsp3) is 0.625. The van der Waals surface area contributed by atoms with E-state index in [4.69, 9.17) is 0 Å². The molecule has 116 valence electrons. The summed E-state index contributed by atoms with van der Waals surface area (Å²) in [7, 11) is 0. The van der Waals surface area contributed by atoms with E-state index in [1.165, 1.54) is 6.42 Å². The minimum Gasteiger partial charge on any atom is -0.380 e. The van der Waals surface area contributed by atoms with Crippen LogP contribution in [0.4, 0.5) is 17.1 Å². The maximum Gasteiger partial charge on any atom is 0.315 e. The number of hydrogen-bond acceptors (Lipinski definition) is 4. The summed E-state index contributed by atoms with van der Waals surface area (Å²) < 4.78 is 0. The lowest BCUT2D eigenvalue weighted by atomic mass is 9.78. The molecule has 0 unspecified atom stereocenters. The van der Waals surface area contributed by atoms with Crippen molar-refractivity contribution < 1.29 is 4.92 Å². The molecule has 5 nitrogen and oxygen atoms in total. The molecular formula is C16H25N3O2. The quantitative estimate of drug-likeness (QED) is 0.657. The van der Waals surface area contributed by atoms with E-state index in [1.807, 2.05) is 19.1 Å². The molecule has 1 aromatic rings. The first-order chi connectivity index (χ1) is 10.0. The van der Waals surface area contributed by atoms with E-state index in [1.54, 1.807) is 6.07 Å². The minimum absolute atomic E-state index is 0.208. The lowest BCUT2D eigenvalue weighted by Crippen LogP contribution is -2.38. The first-order valence-electron chi connectivity index (χ1n) is 7.77. The lowest BCUT2D eigenvalue weighted by molar-refractivity contribution is -0.383. The molecule has 0 atom stereocenters.